The number of nitrogens with zero attached hydrogens (tertiary/aromatic N) is 3. The molecule has 0 spiro atoms. The normalized spacial score (nSPS) is 11.3. The molecular weight excluding hydrogens is 292 g/mol. The number of rotatable bonds is 6. The SMILES string of the molecule is CCc1c(C)nc2cc(-c3ccoc3C)nn2c1NCCOC. The molecule has 6 nitrogen and oxygen atoms in total. The van der Waals surface area contributed by atoms with Crippen LogP contribution in [0.1, 0.15) is 23.9 Å². The summed E-state index contributed by atoms with van der Waals surface area (Å²) >= 11 is 0. The number of nitrogens with one attached hydrogen (secondary N) is 1. The molecule has 0 radical (unpaired) electrons. The van der Waals surface area contributed by atoms with E-state index in [9.17, 15) is 0 Å². The molecule has 23 heavy (non-hydrogen) atoms. The van der Waals surface area contributed by atoms with E-state index in [1.807, 2.05) is 30.5 Å². The molecule has 1 N–H and O–H groups in total. The lowest BCUT2D eigenvalue weighted by Gasteiger charge is -2.14. The Balaban J connectivity index is 2.13. The smallest absolute Gasteiger partial charge is 0.158 e. The van der Waals surface area contributed by atoms with E-state index in [1.165, 1.54) is 5.56 Å². The van der Waals surface area contributed by atoms with Gasteiger partial charge in [0, 0.05) is 36.5 Å². The number of furan rings is 1. The summed E-state index contributed by atoms with van der Waals surface area (Å²) in [6.07, 6.45) is 2.58. The van der Waals surface area contributed by atoms with E-state index in [2.05, 4.69) is 12.2 Å². The highest BCUT2D eigenvalue weighted by Crippen LogP contribution is 2.27. The van der Waals surface area contributed by atoms with Gasteiger partial charge >= 0.3 is 0 Å². The molecular formula is C17H22N4O2. The highest BCUT2D eigenvalue weighted by atomic mass is 16.5. The van der Waals surface area contributed by atoms with Crippen LogP contribution in [0.5, 0.6) is 0 Å². The number of methoxy groups -OCH3 is 1. The van der Waals surface area contributed by atoms with Crippen molar-refractivity contribution in [3.05, 3.63) is 35.4 Å². The number of anilines is 1. The van der Waals surface area contributed by atoms with Crippen LogP contribution in [0.4, 0.5) is 5.82 Å². The summed E-state index contributed by atoms with van der Waals surface area (Å²) in [7, 11) is 1.70. The topological polar surface area (TPSA) is 64.6 Å². The van der Waals surface area contributed by atoms with Gasteiger partial charge in [-0.15, -0.1) is 0 Å². The van der Waals surface area contributed by atoms with E-state index in [0.29, 0.717) is 6.61 Å². The van der Waals surface area contributed by atoms with Gasteiger partial charge in [-0.1, -0.05) is 6.92 Å². The Morgan fingerprint density at radius 2 is 2.17 bits per heavy atom. The second kappa shape index (κ2) is 6.42. The third kappa shape index (κ3) is 2.82. The van der Waals surface area contributed by atoms with Crippen molar-refractivity contribution in [2.24, 2.45) is 0 Å². The molecule has 0 aliphatic heterocycles. The fourth-order valence-corrected chi connectivity index (χ4v) is 2.81. The maximum Gasteiger partial charge on any atom is 0.158 e. The number of aromatic nitrogens is 3. The van der Waals surface area contributed by atoms with Crippen molar-refractivity contribution in [2.45, 2.75) is 27.2 Å². The molecule has 0 saturated heterocycles. The second-order valence-electron chi connectivity index (χ2n) is 5.49. The molecule has 0 unspecified atom stereocenters. The van der Waals surface area contributed by atoms with Gasteiger partial charge in [0.1, 0.15) is 11.6 Å². The zero-order chi connectivity index (χ0) is 16.4. The first-order valence-corrected chi connectivity index (χ1v) is 7.82. The van der Waals surface area contributed by atoms with Gasteiger partial charge in [-0.05, 0) is 26.3 Å². The lowest BCUT2D eigenvalue weighted by molar-refractivity contribution is 0.210. The minimum absolute atomic E-state index is 0.640. The predicted molar refractivity (Wildman–Crippen MR) is 89.9 cm³/mol. The van der Waals surface area contributed by atoms with Crippen molar-refractivity contribution in [2.75, 3.05) is 25.6 Å². The van der Waals surface area contributed by atoms with Crippen LogP contribution in [0, 0.1) is 13.8 Å². The Morgan fingerprint density at radius 3 is 2.83 bits per heavy atom. The lowest BCUT2D eigenvalue weighted by atomic mass is 10.1. The van der Waals surface area contributed by atoms with Crippen molar-refractivity contribution in [3.63, 3.8) is 0 Å². The zero-order valence-electron chi connectivity index (χ0n) is 14.0. The average Bonchev–Trinajstić information content (AvgIpc) is 3.13. The minimum atomic E-state index is 0.640. The Kier molecular flexibility index (Phi) is 4.34. The maximum atomic E-state index is 5.39. The van der Waals surface area contributed by atoms with Crippen LogP contribution in [0.15, 0.2) is 22.8 Å². The third-order valence-electron chi connectivity index (χ3n) is 3.99. The van der Waals surface area contributed by atoms with Crippen LogP contribution in [-0.4, -0.2) is 34.9 Å². The summed E-state index contributed by atoms with van der Waals surface area (Å²) in [5, 5.41) is 8.17. The van der Waals surface area contributed by atoms with Crippen LogP contribution in [0.3, 0.4) is 0 Å². The molecule has 3 aromatic rings. The molecule has 3 rings (SSSR count). The molecule has 3 aromatic heterocycles. The monoisotopic (exact) mass is 314 g/mol. The summed E-state index contributed by atoms with van der Waals surface area (Å²) in [5.41, 5.74) is 4.89. The first kappa shape index (κ1) is 15.6. The van der Waals surface area contributed by atoms with Crippen LogP contribution in [-0.2, 0) is 11.2 Å². The molecule has 0 amide bonds. The van der Waals surface area contributed by atoms with Gasteiger partial charge in [-0.3, -0.25) is 0 Å². The predicted octanol–water partition coefficient (Wildman–Crippen LogP) is 3.23. The Bertz CT molecular complexity index is 819. The highest BCUT2D eigenvalue weighted by molar-refractivity contribution is 5.68. The largest absolute Gasteiger partial charge is 0.469 e. The zero-order valence-corrected chi connectivity index (χ0v) is 14.0. The Hall–Kier alpha value is -2.34. The second-order valence-corrected chi connectivity index (χ2v) is 5.49. The first-order valence-electron chi connectivity index (χ1n) is 7.82. The summed E-state index contributed by atoms with van der Waals surface area (Å²) in [6.45, 7) is 7.47. The van der Waals surface area contributed by atoms with Gasteiger partial charge < -0.3 is 14.5 Å². The molecule has 3 heterocycles. The van der Waals surface area contributed by atoms with Crippen LogP contribution in [0.2, 0.25) is 0 Å². The Labute approximate surface area is 135 Å². The Morgan fingerprint density at radius 1 is 1.35 bits per heavy atom. The molecule has 6 heteroatoms. The maximum absolute atomic E-state index is 5.39. The van der Waals surface area contributed by atoms with Crippen molar-refractivity contribution < 1.29 is 9.15 Å². The van der Waals surface area contributed by atoms with E-state index >= 15 is 0 Å². The van der Waals surface area contributed by atoms with E-state index in [0.717, 1.165) is 47.1 Å². The molecule has 0 bridgehead atoms. The number of fused-ring (bicyclic) bond motifs is 1. The van der Waals surface area contributed by atoms with E-state index in [-0.39, 0.29) is 0 Å². The van der Waals surface area contributed by atoms with Crippen LogP contribution >= 0.6 is 0 Å². The van der Waals surface area contributed by atoms with Gasteiger partial charge in [0.2, 0.25) is 0 Å². The molecule has 0 aliphatic rings. The quantitative estimate of drug-likeness (QED) is 0.708. The fourth-order valence-electron chi connectivity index (χ4n) is 2.81. The van der Waals surface area contributed by atoms with E-state index < -0.39 is 0 Å². The van der Waals surface area contributed by atoms with Crippen molar-refractivity contribution in [3.8, 4) is 11.3 Å². The molecule has 0 fully saturated rings. The van der Waals surface area contributed by atoms with Gasteiger partial charge in [0.05, 0.1) is 18.6 Å². The standard InChI is InChI=1S/C17H22N4O2/c1-5-13-11(2)19-16-10-15(14-6-8-23-12(14)3)20-21(16)17(13)18-7-9-22-4/h6,8,10,18H,5,7,9H2,1-4H3. The van der Waals surface area contributed by atoms with Crippen LogP contribution < -0.4 is 5.32 Å². The lowest BCUT2D eigenvalue weighted by Crippen LogP contribution is -2.14. The highest BCUT2D eigenvalue weighted by Gasteiger charge is 2.16. The molecule has 0 saturated carbocycles. The molecule has 0 aromatic carbocycles. The molecule has 0 atom stereocenters. The van der Waals surface area contributed by atoms with Crippen molar-refractivity contribution >= 4 is 11.5 Å². The van der Waals surface area contributed by atoms with Crippen molar-refractivity contribution in [1.29, 1.82) is 0 Å². The summed E-state index contributed by atoms with van der Waals surface area (Å²) < 4.78 is 12.4. The number of hydrogen-bond acceptors (Lipinski definition) is 5. The minimum Gasteiger partial charge on any atom is -0.469 e. The number of aryl methyl sites for hydroxylation is 2. The first-order chi connectivity index (χ1) is 11.2. The van der Waals surface area contributed by atoms with Crippen molar-refractivity contribution in [1.82, 2.24) is 14.6 Å². The fraction of sp³-hybridized carbons (Fsp3) is 0.412. The average molecular weight is 314 g/mol. The van der Waals surface area contributed by atoms with Gasteiger partial charge in [-0.25, -0.2) is 4.98 Å². The number of ether oxygens (including phenoxy) is 1. The number of hydrogen-bond donors (Lipinski definition) is 1. The van der Waals surface area contributed by atoms with E-state index in [4.69, 9.17) is 19.2 Å². The molecule has 0 aliphatic carbocycles. The van der Waals surface area contributed by atoms with E-state index in [1.54, 1.807) is 13.4 Å². The van der Waals surface area contributed by atoms with Gasteiger partial charge in [0.25, 0.3) is 0 Å². The molecule has 122 valence electrons. The summed E-state index contributed by atoms with van der Waals surface area (Å²) in [6, 6.07) is 3.93. The summed E-state index contributed by atoms with van der Waals surface area (Å²) in [5.74, 6) is 1.84. The third-order valence-corrected chi connectivity index (χ3v) is 3.99. The van der Waals surface area contributed by atoms with Crippen LogP contribution in [0.25, 0.3) is 16.9 Å². The van der Waals surface area contributed by atoms with Gasteiger partial charge in [-0.2, -0.15) is 9.61 Å². The summed E-state index contributed by atoms with van der Waals surface area (Å²) in [4.78, 5) is 4.69. The van der Waals surface area contributed by atoms with Gasteiger partial charge in [0.15, 0.2) is 5.65 Å².